The number of hydrogen-bond acceptors (Lipinski definition) is 4. The molecule has 0 saturated heterocycles. The third-order valence-corrected chi connectivity index (χ3v) is 5.57. The normalized spacial score (nSPS) is 23.5. The molecule has 1 saturated carbocycles. The highest BCUT2D eigenvalue weighted by Gasteiger charge is 2.24. The quantitative estimate of drug-likeness (QED) is 0.820. The predicted octanol–water partition coefficient (Wildman–Crippen LogP) is 2.76. The van der Waals surface area contributed by atoms with Crippen molar-refractivity contribution in [2.75, 3.05) is 11.9 Å². The summed E-state index contributed by atoms with van der Waals surface area (Å²) in [6.07, 6.45) is 8.21. The molecule has 2 unspecified atom stereocenters. The number of nitrogens with zero attached hydrogens (tertiary/aromatic N) is 1. The standard InChI is InChI=1S/C15H25N3O2S/c1-3-17-14-9-10-16-11-15(14)21(19,20)18-13-6-4-5-12(2)7-8-13/h9-13,18H,3-8H2,1-2H3,(H,16,17). The first-order chi connectivity index (χ1) is 10.0. The zero-order valence-electron chi connectivity index (χ0n) is 12.8. The molecule has 118 valence electrons. The predicted molar refractivity (Wildman–Crippen MR) is 84.8 cm³/mol. The van der Waals surface area contributed by atoms with Crippen molar-refractivity contribution in [2.24, 2.45) is 5.92 Å². The van der Waals surface area contributed by atoms with Crippen LogP contribution in [0, 0.1) is 5.92 Å². The van der Waals surface area contributed by atoms with E-state index >= 15 is 0 Å². The summed E-state index contributed by atoms with van der Waals surface area (Å²) in [5, 5.41) is 3.08. The van der Waals surface area contributed by atoms with E-state index in [0.717, 1.165) is 25.7 Å². The van der Waals surface area contributed by atoms with Crippen LogP contribution in [-0.2, 0) is 10.0 Å². The van der Waals surface area contributed by atoms with Crippen LogP contribution in [0.25, 0.3) is 0 Å². The Balaban J connectivity index is 2.14. The number of anilines is 1. The Bertz CT molecular complexity index is 560. The smallest absolute Gasteiger partial charge is 0.244 e. The number of aromatic nitrogens is 1. The second-order valence-corrected chi connectivity index (χ2v) is 7.52. The topological polar surface area (TPSA) is 71.1 Å². The lowest BCUT2D eigenvalue weighted by Gasteiger charge is -2.18. The third-order valence-electron chi connectivity index (χ3n) is 4.02. The second kappa shape index (κ2) is 7.22. The molecule has 5 nitrogen and oxygen atoms in total. The molecule has 1 aliphatic carbocycles. The molecular weight excluding hydrogens is 286 g/mol. The summed E-state index contributed by atoms with van der Waals surface area (Å²) in [4.78, 5) is 4.20. The average molecular weight is 311 g/mol. The van der Waals surface area contributed by atoms with Crippen molar-refractivity contribution < 1.29 is 8.42 Å². The van der Waals surface area contributed by atoms with Gasteiger partial charge in [0, 0.05) is 25.0 Å². The van der Waals surface area contributed by atoms with Gasteiger partial charge >= 0.3 is 0 Å². The summed E-state index contributed by atoms with van der Waals surface area (Å²) in [7, 11) is -3.52. The van der Waals surface area contributed by atoms with Crippen LogP contribution in [0.5, 0.6) is 0 Å². The van der Waals surface area contributed by atoms with Crippen molar-refractivity contribution in [3.8, 4) is 0 Å². The van der Waals surface area contributed by atoms with E-state index < -0.39 is 10.0 Å². The fourth-order valence-corrected chi connectivity index (χ4v) is 4.25. The molecule has 6 heteroatoms. The van der Waals surface area contributed by atoms with Gasteiger partial charge < -0.3 is 5.32 Å². The number of hydrogen-bond donors (Lipinski definition) is 2. The Morgan fingerprint density at radius 2 is 2.10 bits per heavy atom. The van der Waals surface area contributed by atoms with Crippen LogP contribution in [-0.4, -0.2) is 26.0 Å². The van der Waals surface area contributed by atoms with Gasteiger partial charge in [0.2, 0.25) is 10.0 Å². The van der Waals surface area contributed by atoms with E-state index in [9.17, 15) is 8.42 Å². The first-order valence-corrected chi connectivity index (χ1v) is 9.21. The maximum atomic E-state index is 12.6. The van der Waals surface area contributed by atoms with E-state index in [2.05, 4.69) is 21.9 Å². The van der Waals surface area contributed by atoms with E-state index in [4.69, 9.17) is 0 Å². The second-order valence-electron chi connectivity index (χ2n) is 5.83. The lowest BCUT2D eigenvalue weighted by molar-refractivity contribution is 0.484. The zero-order chi connectivity index (χ0) is 15.3. The van der Waals surface area contributed by atoms with Gasteiger partial charge in [0.05, 0.1) is 5.69 Å². The van der Waals surface area contributed by atoms with E-state index in [-0.39, 0.29) is 10.9 Å². The minimum absolute atomic E-state index is 0.0367. The lowest BCUT2D eigenvalue weighted by atomic mass is 10.0. The highest BCUT2D eigenvalue weighted by Crippen LogP contribution is 2.25. The molecule has 0 radical (unpaired) electrons. The first-order valence-electron chi connectivity index (χ1n) is 7.73. The Hall–Kier alpha value is -1.14. The van der Waals surface area contributed by atoms with Crippen molar-refractivity contribution in [1.82, 2.24) is 9.71 Å². The van der Waals surface area contributed by atoms with Crippen LogP contribution in [0.15, 0.2) is 23.4 Å². The molecule has 21 heavy (non-hydrogen) atoms. The Labute approximate surface area is 127 Å². The number of rotatable bonds is 5. The van der Waals surface area contributed by atoms with Crippen molar-refractivity contribution in [1.29, 1.82) is 0 Å². The molecule has 2 N–H and O–H groups in total. The highest BCUT2D eigenvalue weighted by molar-refractivity contribution is 7.89. The van der Waals surface area contributed by atoms with Gasteiger partial charge in [0.1, 0.15) is 4.90 Å². The van der Waals surface area contributed by atoms with Crippen molar-refractivity contribution >= 4 is 15.7 Å². The molecule has 2 atom stereocenters. The summed E-state index contributed by atoms with van der Waals surface area (Å²) in [6, 6.07) is 1.74. The number of nitrogens with one attached hydrogen (secondary N) is 2. The summed E-state index contributed by atoms with van der Waals surface area (Å²) in [5.41, 5.74) is 0.613. The fraction of sp³-hybridized carbons (Fsp3) is 0.667. The molecular formula is C15H25N3O2S. The molecule has 1 aliphatic rings. The molecule has 1 heterocycles. The van der Waals surface area contributed by atoms with Crippen molar-refractivity contribution in [2.45, 2.75) is 56.9 Å². The van der Waals surface area contributed by atoms with Crippen LogP contribution < -0.4 is 10.0 Å². The van der Waals surface area contributed by atoms with Gasteiger partial charge in [0.25, 0.3) is 0 Å². The summed E-state index contributed by atoms with van der Waals surface area (Å²) in [5.74, 6) is 0.690. The summed E-state index contributed by atoms with van der Waals surface area (Å²) >= 11 is 0. The van der Waals surface area contributed by atoms with E-state index in [1.165, 1.54) is 12.6 Å². The highest BCUT2D eigenvalue weighted by atomic mass is 32.2. The maximum absolute atomic E-state index is 12.6. The van der Waals surface area contributed by atoms with E-state index in [0.29, 0.717) is 18.2 Å². The van der Waals surface area contributed by atoms with Crippen LogP contribution in [0.1, 0.15) is 46.0 Å². The van der Waals surface area contributed by atoms with Gasteiger partial charge in [0.15, 0.2) is 0 Å². The van der Waals surface area contributed by atoms with E-state index in [1.807, 2.05) is 6.92 Å². The Morgan fingerprint density at radius 1 is 1.29 bits per heavy atom. The lowest BCUT2D eigenvalue weighted by Crippen LogP contribution is -2.35. The fourth-order valence-electron chi connectivity index (χ4n) is 2.82. The minimum Gasteiger partial charge on any atom is -0.384 e. The molecule has 0 amide bonds. The molecule has 1 aromatic heterocycles. The SMILES string of the molecule is CCNc1ccncc1S(=O)(=O)NC1CCCC(C)CC1. The maximum Gasteiger partial charge on any atom is 0.244 e. The summed E-state index contributed by atoms with van der Waals surface area (Å²) < 4.78 is 28.1. The van der Waals surface area contributed by atoms with Gasteiger partial charge in [-0.25, -0.2) is 13.1 Å². The van der Waals surface area contributed by atoms with Gasteiger partial charge in [-0.15, -0.1) is 0 Å². The molecule has 1 aromatic rings. The van der Waals surface area contributed by atoms with Gasteiger partial charge in [-0.05, 0) is 38.2 Å². The van der Waals surface area contributed by atoms with E-state index in [1.54, 1.807) is 12.3 Å². The van der Waals surface area contributed by atoms with Gasteiger partial charge in [-0.2, -0.15) is 0 Å². The Morgan fingerprint density at radius 3 is 2.86 bits per heavy atom. The van der Waals surface area contributed by atoms with Crippen LogP contribution >= 0.6 is 0 Å². The zero-order valence-corrected chi connectivity index (χ0v) is 13.6. The van der Waals surface area contributed by atoms with Crippen LogP contribution in [0.4, 0.5) is 5.69 Å². The monoisotopic (exact) mass is 311 g/mol. The molecule has 0 bridgehead atoms. The average Bonchev–Trinajstić information content (AvgIpc) is 2.64. The number of pyridine rings is 1. The molecule has 1 fully saturated rings. The molecule has 0 spiro atoms. The van der Waals surface area contributed by atoms with Crippen LogP contribution in [0.3, 0.4) is 0 Å². The largest absolute Gasteiger partial charge is 0.384 e. The summed E-state index contributed by atoms with van der Waals surface area (Å²) in [6.45, 7) is 4.85. The van der Waals surface area contributed by atoms with Crippen molar-refractivity contribution in [3.05, 3.63) is 18.5 Å². The first kappa shape index (κ1) is 16.2. The minimum atomic E-state index is -3.52. The molecule has 0 aromatic carbocycles. The number of sulfonamides is 1. The van der Waals surface area contributed by atoms with Gasteiger partial charge in [-0.3, -0.25) is 4.98 Å². The molecule has 2 rings (SSSR count). The van der Waals surface area contributed by atoms with Crippen LogP contribution in [0.2, 0.25) is 0 Å². The van der Waals surface area contributed by atoms with Crippen molar-refractivity contribution in [3.63, 3.8) is 0 Å². The van der Waals surface area contributed by atoms with Gasteiger partial charge in [-0.1, -0.05) is 19.8 Å². The third kappa shape index (κ3) is 4.41. The molecule has 0 aliphatic heterocycles. The Kier molecular flexibility index (Phi) is 5.58.